The molecule has 0 unspecified atom stereocenters. The maximum atomic E-state index is 14.9. The van der Waals surface area contributed by atoms with Crippen molar-refractivity contribution in [2.45, 2.75) is 25.8 Å². The Balaban J connectivity index is 1.91. The van der Waals surface area contributed by atoms with Crippen LogP contribution in [0.5, 0.6) is 0 Å². The number of oxazole rings is 1. The molecule has 1 aromatic carbocycles. The van der Waals surface area contributed by atoms with Crippen LogP contribution >= 0.6 is 0 Å². The second kappa shape index (κ2) is 5.57. The number of hydrogen-bond acceptors (Lipinski definition) is 5. The Morgan fingerprint density at radius 2 is 1.86 bits per heavy atom. The lowest BCUT2D eigenvalue weighted by atomic mass is 10.1. The molecule has 0 aliphatic heterocycles. The topological polar surface area (TPSA) is 86.9 Å². The summed E-state index contributed by atoms with van der Waals surface area (Å²) in [5.74, 6) is -2.54. The Bertz CT molecular complexity index is 1360. The zero-order valence-corrected chi connectivity index (χ0v) is 14.6. The van der Waals surface area contributed by atoms with Crippen molar-refractivity contribution in [1.82, 2.24) is 14.5 Å². The van der Waals surface area contributed by atoms with Crippen LogP contribution in [0.4, 0.5) is 18.9 Å². The van der Waals surface area contributed by atoms with Gasteiger partial charge in [0.1, 0.15) is 28.8 Å². The van der Waals surface area contributed by atoms with Gasteiger partial charge in [-0.3, -0.25) is 9.36 Å². The smallest absolute Gasteiger partial charge is 0.282 e. The number of hydrogen-bond donors (Lipinski definition) is 1. The SMILES string of the molecule is Cc1nc2c(=O)n(C3CC3)c3nc(-c4cc(N)c(F)cc4F)c(F)cc3c2o1. The highest BCUT2D eigenvalue weighted by Crippen LogP contribution is 2.38. The van der Waals surface area contributed by atoms with Crippen molar-refractivity contribution in [3.63, 3.8) is 0 Å². The molecule has 3 heterocycles. The van der Waals surface area contributed by atoms with E-state index in [1.165, 1.54) is 4.57 Å². The standard InChI is InChI=1S/C19H13F3N4O2/c1-7-24-16-17(28-7)10-4-13(22)15(9-5-14(23)12(21)6-11(9)20)25-18(10)26(19(16)27)8-2-3-8/h4-6,8H,2-3,23H2,1H3. The van der Waals surface area contributed by atoms with E-state index in [4.69, 9.17) is 10.2 Å². The molecular formula is C19H13F3N4O2. The highest BCUT2D eigenvalue weighted by atomic mass is 19.1. The van der Waals surface area contributed by atoms with E-state index in [2.05, 4.69) is 9.97 Å². The molecule has 1 saturated carbocycles. The summed E-state index contributed by atoms with van der Waals surface area (Å²) in [5.41, 5.74) is 4.52. The molecule has 9 heteroatoms. The number of benzene rings is 1. The van der Waals surface area contributed by atoms with E-state index in [0.29, 0.717) is 6.07 Å². The van der Waals surface area contributed by atoms with Crippen LogP contribution in [0.15, 0.2) is 27.4 Å². The lowest BCUT2D eigenvalue weighted by Gasteiger charge is -2.12. The molecule has 5 rings (SSSR count). The molecule has 4 aromatic rings. The van der Waals surface area contributed by atoms with Crippen molar-refractivity contribution in [2.24, 2.45) is 0 Å². The molecule has 0 radical (unpaired) electrons. The first-order valence-corrected chi connectivity index (χ1v) is 8.62. The molecule has 28 heavy (non-hydrogen) atoms. The highest BCUT2D eigenvalue weighted by molar-refractivity contribution is 6.00. The molecule has 3 aromatic heterocycles. The molecule has 0 saturated heterocycles. The Kier molecular flexibility index (Phi) is 3.34. The fraction of sp³-hybridized carbons (Fsp3) is 0.211. The third kappa shape index (κ3) is 2.32. The molecule has 1 fully saturated rings. The summed E-state index contributed by atoms with van der Waals surface area (Å²) in [5, 5.41) is 0.263. The number of nitrogens with two attached hydrogens (primary N) is 1. The fourth-order valence-corrected chi connectivity index (χ4v) is 3.40. The largest absolute Gasteiger partial charge is 0.440 e. The highest BCUT2D eigenvalue weighted by Gasteiger charge is 2.30. The molecule has 0 spiro atoms. The minimum atomic E-state index is -1.01. The molecule has 142 valence electrons. The summed E-state index contributed by atoms with van der Waals surface area (Å²) in [6.45, 7) is 1.58. The first-order valence-electron chi connectivity index (χ1n) is 8.62. The quantitative estimate of drug-likeness (QED) is 0.529. The molecule has 0 atom stereocenters. The van der Waals surface area contributed by atoms with E-state index in [-0.39, 0.29) is 51.0 Å². The van der Waals surface area contributed by atoms with Gasteiger partial charge >= 0.3 is 0 Å². The van der Waals surface area contributed by atoms with Gasteiger partial charge in [0, 0.05) is 24.6 Å². The van der Waals surface area contributed by atoms with Crippen molar-refractivity contribution in [1.29, 1.82) is 0 Å². The van der Waals surface area contributed by atoms with Crippen molar-refractivity contribution < 1.29 is 17.6 Å². The van der Waals surface area contributed by atoms with Gasteiger partial charge < -0.3 is 10.2 Å². The summed E-state index contributed by atoms with van der Waals surface area (Å²) in [6, 6.07) is 2.60. The molecule has 1 aliphatic rings. The molecule has 0 amide bonds. The first-order chi connectivity index (χ1) is 13.3. The van der Waals surface area contributed by atoms with E-state index in [9.17, 15) is 18.0 Å². The first kappa shape index (κ1) is 16.8. The lowest BCUT2D eigenvalue weighted by Crippen LogP contribution is -2.21. The van der Waals surface area contributed by atoms with Crippen LogP contribution in [0, 0.1) is 24.4 Å². The third-order valence-electron chi connectivity index (χ3n) is 4.84. The fourth-order valence-electron chi connectivity index (χ4n) is 3.40. The van der Waals surface area contributed by atoms with Gasteiger partial charge in [-0.25, -0.2) is 23.1 Å². The lowest BCUT2D eigenvalue weighted by molar-refractivity contribution is 0.562. The average Bonchev–Trinajstić information content (AvgIpc) is 3.39. The minimum Gasteiger partial charge on any atom is -0.440 e. The maximum absolute atomic E-state index is 14.9. The number of rotatable bonds is 2. The molecule has 0 bridgehead atoms. The van der Waals surface area contributed by atoms with E-state index in [1.807, 2.05) is 0 Å². The summed E-state index contributed by atoms with van der Waals surface area (Å²) >= 11 is 0. The van der Waals surface area contributed by atoms with Crippen LogP contribution < -0.4 is 11.3 Å². The number of nitrogen functional groups attached to an aromatic ring is 1. The van der Waals surface area contributed by atoms with Gasteiger partial charge in [-0.2, -0.15) is 0 Å². The van der Waals surface area contributed by atoms with E-state index in [0.717, 1.165) is 25.0 Å². The molecule has 1 aliphatic carbocycles. The van der Waals surface area contributed by atoms with Gasteiger partial charge in [0.15, 0.2) is 17.0 Å². The van der Waals surface area contributed by atoms with Crippen molar-refractivity contribution in [2.75, 3.05) is 5.73 Å². The van der Waals surface area contributed by atoms with Crippen LogP contribution in [0.1, 0.15) is 24.8 Å². The van der Waals surface area contributed by atoms with E-state index in [1.54, 1.807) is 6.92 Å². The summed E-state index contributed by atoms with van der Waals surface area (Å²) < 4.78 is 49.6. The number of aryl methyl sites for hydroxylation is 1. The zero-order chi connectivity index (χ0) is 19.7. The zero-order valence-electron chi connectivity index (χ0n) is 14.6. The van der Waals surface area contributed by atoms with Gasteiger partial charge in [-0.1, -0.05) is 0 Å². The van der Waals surface area contributed by atoms with Crippen LogP contribution in [-0.2, 0) is 0 Å². The Hall–Kier alpha value is -3.36. The predicted molar refractivity (Wildman–Crippen MR) is 96.3 cm³/mol. The van der Waals surface area contributed by atoms with E-state index >= 15 is 0 Å². The van der Waals surface area contributed by atoms with Crippen molar-refractivity contribution in [3.05, 3.63) is 51.9 Å². The number of aromatic nitrogens is 3. The number of fused-ring (bicyclic) bond motifs is 3. The van der Waals surface area contributed by atoms with Crippen molar-refractivity contribution in [3.8, 4) is 11.3 Å². The van der Waals surface area contributed by atoms with Crippen LogP contribution in [-0.4, -0.2) is 14.5 Å². The molecular weight excluding hydrogens is 373 g/mol. The minimum absolute atomic E-state index is 0.0923. The Labute approximate surface area is 155 Å². The number of anilines is 1. The summed E-state index contributed by atoms with van der Waals surface area (Å²) in [7, 11) is 0. The average molecular weight is 386 g/mol. The summed E-state index contributed by atoms with van der Waals surface area (Å²) in [4.78, 5) is 21.2. The van der Waals surface area contributed by atoms with Crippen LogP contribution in [0.25, 0.3) is 33.4 Å². The van der Waals surface area contributed by atoms with Crippen LogP contribution in [0.2, 0.25) is 0 Å². The maximum Gasteiger partial charge on any atom is 0.282 e. The normalized spacial score (nSPS) is 14.3. The van der Waals surface area contributed by atoms with Gasteiger partial charge in [0.05, 0.1) is 11.1 Å². The van der Waals surface area contributed by atoms with Gasteiger partial charge in [0.2, 0.25) is 0 Å². The van der Waals surface area contributed by atoms with Crippen LogP contribution in [0.3, 0.4) is 0 Å². The number of nitrogens with zero attached hydrogens (tertiary/aromatic N) is 3. The van der Waals surface area contributed by atoms with E-state index < -0.39 is 23.0 Å². The van der Waals surface area contributed by atoms with Gasteiger partial charge in [0.25, 0.3) is 5.56 Å². The number of pyridine rings is 2. The van der Waals surface area contributed by atoms with Crippen molar-refractivity contribution >= 4 is 27.8 Å². The van der Waals surface area contributed by atoms with Gasteiger partial charge in [-0.15, -0.1) is 0 Å². The summed E-state index contributed by atoms with van der Waals surface area (Å²) in [6.07, 6.45) is 1.53. The second-order valence-electron chi connectivity index (χ2n) is 6.86. The Morgan fingerprint density at radius 3 is 2.57 bits per heavy atom. The second-order valence-corrected chi connectivity index (χ2v) is 6.86. The molecule has 6 nitrogen and oxygen atoms in total. The monoisotopic (exact) mass is 386 g/mol. The third-order valence-corrected chi connectivity index (χ3v) is 4.84. The predicted octanol–water partition coefficient (Wildman–Crippen LogP) is 3.85. The van der Waals surface area contributed by atoms with Gasteiger partial charge in [-0.05, 0) is 25.0 Å². The number of halogens is 3. The Morgan fingerprint density at radius 1 is 1.11 bits per heavy atom. The molecule has 2 N–H and O–H groups in total.